The monoisotopic (exact) mass is 291 g/mol. The SMILES string of the molecule is CCOC(=O)NC(=O)COC(=O)c1cc2ccccc2o1. The zero-order valence-corrected chi connectivity index (χ0v) is 11.3. The molecule has 21 heavy (non-hydrogen) atoms. The Labute approximate surface area is 119 Å². The molecule has 2 aromatic rings. The summed E-state index contributed by atoms with van der Waals surface area (Å²) in [6.45, 7) is 1.14. The summed E-state index contributed by atoms with van der Waals surface area (Å²) in [5, 5.41) is 2.66. The highest BCUT2D eigenvalue weighted by atomic mass is 16.6. The average molecular weight is 291 g/mol. The number of rotatable bonds is 4. The van der Waals surface area contributed by atoms with E-state index in [1.807, 2.05) is 5.32 Å². The van der Waals surface area contributed by atoms with Crippen molar-refractivity contribution in [3.8, 4) is 0 Å². The number of furan rings is 1. The van der Waals surface area contributed by atoms with Crippen LogP contribution >= 0.6 is 0 Å². The first-order valence-corrected chi connectivity index (χ1v) is 6.22. The van der Waals surface area contributed by atoms with Gasteiger partial charge in [0.25, 0.3) is 5.91 Å². The second-order valence-corrected chi connectivity index (χ2v) is 3.99. The average Bonchev–Trinajstić information content (AvgIpc) is 2.89. The van der Waals surface area contributed by atoms with Crippen molar-refractivity contribution in [2.24, 2.45) is 0 Å². The van der Waals surface area contributed by atoms with E-state index in [1.54, 1.807) is 31.2 Å². The van der Waals surface area contributed by atoms with E-state index < -0.39 is 24.6 Å². The fourth-order valence-electron chi connectivity index (χ4n) is 1.60. The zero-order chi connectivity index (χ0) is 15.2. The van der Waals surface area contributed by atoms with Crippen molar-refractivity contribution in [1.82, 2.24) is 5.32 Å². The number of hydrogen-bond donors (Lipinski definition) is 1. The Bertz CT molecular complexity index is 642. The first kappa shape index (κ1) is 14.6. The molecule has 0 saturated carbocycles. The van der Waals surface area contributed by atoms with Crippen LogP contribution < -0.4 is 5.32 Å². The molecule has 0 spiro atoms. The minimum atomic E-state index is -0.887. The van der Waals surface area contributed by atoms with E-state index in [2.05, 4.69) is 4.74 Å². The topological polar surface area (TPSA) is 94.8 Å². The number of ether oxygens (including phenoxy) is 2. The second-order valence-electron chi connectivity index (χ2n) is 3.99. The van der Waals surface area contributed by atoms with Crippen molar-refractivity contribution < 1.29 is 28.3 Å². The Hall–Kier alpha value is -2.83. The van der Waals surface area contributed by atoms with Crippen molar-refractivity contribution in [1.29, 1.82) is 0 Å². The molecule has 1 heterocycles. The van der Waals surface area contributed by atoms with Crippen LogP contribution in [0.15, 0.2) is 34.7 Å². The number of amides is 2. The minimum Gasteiger partial charge on any atom is -0.450 e. The van der Waals surface area contributed by atoms with E-state index in [9.17, 15) is 14.4 Å². The van der Waals surface area contributed by atoms with E-state index in [1.165, 1.54) is 6.07 Å². The first-order chi connectivity index (χ1) is 10.1. The molecule has 2 amide bonds. The molecule has 0 fully saturated rings. The largest absolute Gasteiger partial charge is 0.450 e. The highest BCUT2D eigenvalue weighted by molar-refractivity contribution is 5.96. The maximum atomic E-state index is 11.7. The summed E-state index contributed by atoms with van der Waals surface area (Å²) in [6, 6.07) is 8.58. The number of para-hydroxylation sites is 1. The van der Waals surface area contributed by atoms with E-state index in [-0.39, 0.29) is 12.4 Å². The molecule has 0 saturated heterocycles. The number of benzene rings is 1. The summed E-state index contributed by atoms with van der Waals surface area (Å²) < 4.78 is 14.5. The van der Waals surface area contributed by atoms with Crippen LogP contribution in [0.3, 0.4) is 0 Å². The van der Waals surface area contributed by atoms with Gasteiger partial charge in [-0.25, -0.2) is 9.59 Å². The molecular formula is C14H13NO6. The van der Waals surface area contributed by atoms with Crippen LogP contribution in [0.4, 0.5) is 4.79 Å². The molecule has 7 nitrogen and oxygen atoms in total. The van der Waals surface area contributed by atoms with Gasteiger partial charge < -0.3 is 13.9 Å². The lowest BCUT2D eigenvalue weighted by molar-refractivity contribution is -0.123. The molecule has 1 aromatic heterocycles. The Morgan fingerprint density at radius 3 is 2.67 bits per heavy atom. The number of esters is 1. The molecule has 1 N–H and O–H groups in total. The van der Waals surface area contributed by atoms with Crippen LogP contribution in [-0.4, -0.2) is 31.2 Å². The Kier molecular flexibility index (Phi) is 4.55. The Morgan fingerprint density at radius 2 is 1.95 bits per heavy atom. The molecule has 110 valence electrons. The van der Waals surface area contributed by atoms with Crippen molar-refractivity contribution in [3.05, 3.63) is 36.1 Å². The molecule has 0 aliphatic heterocycles. The van der Waals surface area contributed by atoms with Gasteiger partial charge in [0.15, 0.2) is 6.61 Å². The molecule has 0 aliphatic rings. The van der Waals surface area contributed by atoms with Gasteiger partial charge in [-0.15, -0.1) is 0 Å². The van der Waals surface area contributed by atoms with Gasteiger partial charge in [-0.05, 0) is 19.1 Å². The van der Waals surface area contributed by atoms with Crippen LogP contribution in [0.5, 0.6) is 0 Å². The maximum Gasteiger partial charge on any atom is 0.413 e. The molecule has 0 atom stereocenters. The number of carbonyl (C=O) groups excluding carboxylic acids is 3. The number of carbonyl (C=O) groups is 3. The van der Waals surface area contributed by atoms with Crippen LogP contribution in [-0.2, 0) is 14.3 Å². The number of alkyl carbamates (subject to hydrolysis) is 1. The van der Waals surface area contributed by atoms with Gasteiger partial charge in [0.1, 0.15) is 5.58 Å². The van der Waals surface area contributed by atoms with Crippen molar-refractivity contribution in [3.63, 3.8) is 0 Å². The van der Waals surface area contributed by atoms with Crippen molar-refractivity contribution in [2.75, 3.05) is 13.2 Å². The lowest BCUT2D eigenvalue weighted by atomic mass is 10.2. The van der Waals surface area contributed by atoms with Gasteiger partial charge in [-0.2, -0.15) is 0 Å². The number of fused-ring (bicyclic) bond motifs is 1. The standard InChI is InChI=1S/C14H13NO6/c1-2-19-14(18)15-12(16)8-20-13(17)11-7-9-5-3-4-6-10(9)21-11/h3-7H,2,8H2,1H3,(H,15,16,18). The van der Waals surface area contributed by atoms with E-state index in [0.717, 1.165) is 5.39 Å². The Balaban J connectivity index is 1.89. The maximum absolute atomic E-state index is 11.7. The number of imide groups is 1. The van der Waals surface area contributed by atoms with Crippen LogP contribution in [0.1, 0.15) is 17.5 Å². The lowest BCUT2D eigenvalue weighted by Crippen LogP contribution is -2.34. The smallest absolute Gasteiger partial charge is 0.413 e. The van der Waals surface area contributed by atoms with Crippen molar-refractivity contribution in [2.45, 2.75) is 6.92 Å². The van der Waals surface area contributed by atoms with Gasteiger partial charge in [-0.1, -0.05) is 18.2 Å². The molecule has 2 rings (SSSR count). The van der Waals surface area contributed by atoms with Gasteiger partial charge in [0, 0.05) is 5.39 Å². The third-order valence-electron chi connectivity index (χ3n) is 2.48. The van der Waals surface area contributed by atoms with E-state index in [4.69, 9.17) is 9.15 Å². The normalized spacial score (nSPS) is 10.1. The van der Waals surface area contributed by atoms with E-state index in [0.29, 0.717) is 5.58 Å². The quantitative estimate of drug-likeness (QED) is 0.864. The minimum absolute atomic E-state index is 0.0138. The highest BCUT2D eigenvalue weighted by Crippen LogP contribution is 2.19. The van der Waals surface area contributed by atoms with Crippen LogP contribution in [0.2, 0.25) is 0 Å². The molecule has 1 aromatic carbocycles. The summed E-state index contributed by atoms with van der Waals surface area (Å²) >= 11 is 0. The molecule has 0 aliphatic carbocycles. The molecule has 7 heteroatoms. The van der Waals surface area contributed by atoms with Gasteiger partial charge >= 0.3 is 12.1 Å². The summed E-state index contributed by atoms with van der Waals surface area (Å²) in [6.07, 6.45) is -0.887. The fourth-order valence-corrected chi connectivity index (χ4v) is 1.60. The van der Waals surface area contributed by atoms with Gasteiger partial charge in [-0.3, -0.25) is 10.1 Å². The van der Waals surface area contributed by atoms with Gasteiger partial charge in [0.2, 0.25) is 5.76 Å². The van der Waals surface area contributed by atoms with Crippen molar-refractivity contribution >= 4 is 28.9 Å². The third-order valence-corrected chi connectivity index (χ3v) is 2.48. The number of hydrogen-bond acceptors (Lipinski definition) is 6. The lowest BCUT2D eigenvalue weighted by Gasteiger charge is -2.04. The summed E-state index contributed by atoms with van der Waals surface area (Å²) in [7, 11) is 0. The molecule has 0 radical (unpaired) electrons. The third kappa shape index (κ3) is 3.82. The number of nitrogens with one attached hydrogen (secondary N) is 1. The summed E-state index contributed by atoms with van der Waals surface area (Å²) in [5.74, 6) is -1.58. The summed E-state index contributed by atoms with van der Waals surface area (Å²) in [4.78, 5) is 34.0. The predicted molar refractivity (Wildman–Crippen MR) is 71.7 cm³/mol. The molecule has 0 unspecified atom stereocenters. The zero-order valence-electron chi connectivity index (χ0n) is 11.3. The highest BCUT2D eigenvalue weighted by Gasteiger charge is 2.16. The summed E-state index contributed by atoms with van der Waals surface area (Å²) in [5.41, 5.74) is 0.542. The van der Waals surface area contributed by atoms with Crippen LogP contribution in [0, 0.1) is 0 Å². The molecule has 0 bridgehead atoms. The van der Waals surface area contributed by atoms with Gasteiger partial charge in [0.05, 0.1) is 6.61 Å². The predicted octanol–water partition coefficient (Wildman–Crippen LogP) is 1.86. The second kappa shape index (κ2) is 6.56. The van der Waals surface area contributed by atoms with E-state index >= 15 is 0 Å². The fraction of sp³-hybridized carbons (Fsp3) is 0.214. The Morgan fingerprint density at radius 1 is 1.19 bits per heavy atom. The first-order valence-electron chi connectivity index (χ1n) is 6.22. The molecular weight excluding hydrogens is 278 g/mol. The van der Waals surface area contributed by atoms with Crippen LogP contribution in [0.25, 0.3) is 11.0 Å².